The molecule has 0 unspecified atom stereocenters. The molecule has 5 rings (SSSR count). The Hall–Kier alpha value is -4.20. The Morgan fingerprint density at radius 3 is 1.07 bits per heavy atom. The second kappa shape index (κ2) is 17.2. The van der Waals surface area contributed by atoms with Crippen LogP contribution in [0.1, 0.15) is 76.0 Å². The van der Waals surface area contributed by atoms with Crippen LogP contribution in [-0.4, -0.2) is 19.9 Å². The summed E-state index contributed by atoms with van der Waals surface area (Å²) in [6, 6.07) is 24.9. The van der Waals surface area contributed by atoms with Crippen molar-refractivity contribution in [2.75, 3.05) is 16.4 Å². The number of anilines is 5. The molecule has 0 aliphatic carbocycles. The van der Waals surface area contributed by atoms with E-state index in [0.717, 1.165) is 17.1 Å². The lowest BCUT2D eigenvalue weighted by atomic mass is 10.0. The molecular weight excluding hydrogens is 589 g/mol. The van der Waals surface area contributed by atoms with Gasteiger partial charge < -0.3 is 16.4 Å². The molecule has 0 spiro atoms. The zero-order valence-electron chi connectivity index (χ0n) is 26.1. The third-order valence-electron chi connectivity index (χ3n) is 6.59. The van der Waals surface area contributed by atoms with E-state index in [1.165, 1.54) is 29.1 Å². The molecular formula is C35H41Cl2N7. The smallest absolute Gasteiger partial charge is 0.173 e. The molecule has 0 saturated heterocycles. The molecule has 4 N–H and O–H groups in total. The van der Waals surface area contributed by atoms with Crippen LogP contribution in [-0.2, 0) is 0 Å². The predicted molar refractivity (Wildman–Crippen MR) is 187 cm³/mol. The molecule has 7 nitrogen and oxygen atoms in total. The Kier molecular flexibility index (Phi) is 13.4. The topological polar surface area (TPSA) is 102 Å². The lowest BCUT2D eigenvalue weighted by Gasteiger charge is -2.13. The van der Waals surface area contributed by atoms with Gasteiger partial charge >= 0.3 is 0 Å². The molecule has 230 valence electrons. The number of nitrogen functional groups attached to an aromatic ring is 1. The number of nitrogens with zero attached hydrogens (tertiary/aromatic N) is 4. The monoisotopic (exact) mass is 629 g/mol. The zero-order chi connectivity index (χ0) is 32.1. The van der Waals surface area contributed by atoms with Gasteiger partial charge in [-0.05, 0) is 70.8 Å². The molecule has 2 heterocycles. The highest BCUT2D eigenvalue weighted by atomic mass is 35.5. The fraction of sp³-hybridized carbons (Fsp3) is 0.257. The first kappa shape index (κ1) is 34.3. The Balaban J connectivity index is 0.000000238. The van der Waals surface area contributed by atoms with E-state index in [4.69, 9.17) is 28.9 Å². The molecule has 0 aliphatic heterocycles. The highest BCUT2D eigenvalue weighted by Crippen LogP contribution is 2.26. The van der Waals surface area contributed by atoms with Crippen molar-refractivity contribution in [1.29, 1.82) is 0 Å². The quantitative estimate of drug-likeness (QED) is 0.154. The molecule has 3 aromatic carbocycles. The summed E-state index contributed by atoms with van der Waals surface area (Å²) < 4.78 is 0. The summed E-state index contributed by atoms with van der Waals surface area (Å²) in [6.45, 7) is 13.1. The first-order valence-electron chi connectivity index (χ1n) is 14.6. The maximum atomic E-state index is 5.53. The number of hydrogen-bond donors (Lipinski definition) is 3. The zero-order valence-corrected chi connectivity index (χ0v) is 27.6. The molecule has 5 aromatic rings. The SMILES string of the molecule is CC(C)c1ccc(N)cc1.CC(C)c1ccc(Nc2nccnc2Nc2ccc(C(C)C)cc2)cc1.Clc1nccnc1Cl. The molecule has 0 saturated carbocycles. The second-order valence-electron chi connectivity index (χ2n) is 11.0. The molecule has 0 atom stereocenters. The number of hydrogen-bond acceptors (Lipinski definition) is 7. The average Bonchev–Trinajstić information content (AvgIpc) is 3.01. The average molecular weight is 631 g/mol. The minimum Gasteiger partial charge on any atom is -0.399 e. The molecule has 44 heavy (non-hydrogen) atoms. The highest BCUT2D eigenvalue weighted by Gasteiger charge is 2.07. The van der Waals surface area contributed by atoms with Gasteiger partial charge in [0.1, 0.15) is 0 Å². The van der Waals surface area contributed by atoms with Gasteiger partial charge in [-0.1, -0.05) is 101 Å². The van der Waals surface area contributed by atoms with Gasteiger partial charge in [-0.25, -0.2) is 19.9 Å². The van der Waals surface area contributed by atoms with Gasteiger partial charge in [-0.2, -0.15) is 0 Å². The van der Waals surface area contributed by atoms with Gasteiger partial charge in [0.25, 0.3) is 0 Å². The number of nitrogens with two attached hydrogens (primary N) is 1. The Morgan fingerprint density at radius 1 is 0.477 bits per heavy atom. The minimum atomic E-state index is 0.245. The Morgan fingerprint density at radius 2 is 0.773 bits per heavy atom. The molecule has 2 aromatic heterocycles. The van der Waals surface area contributed by atoms with Crippen LogP contribution >= 0.6 is 23.2 Å². The van der Waals surface area contributed by atoms with Gasteiger partial charge in [0.05, 0.1) is 0 Å². The summed E-state index contributed by atoms with van der Waals surface area (Å²) in [5, 5.41) is 7.19. The number of benzene rings is 3. The summed E-state index contributed by atoms with van der Waals surface area (Å²) in [4.78, 5) is 16.2. The fourth-order valence-corrected chi connectivity index (χ4v) is 4.09. The van der Waals surface area contributed by atoms with E-state index in [1.54, 1.807) is 12.4 Å². The maximum Gasteiger partial charge on any atom is 0.173 e. The first-order chi connectivity index (χ1) is 21.0. The molecule has 0 aliphatic rings. The van der Waals surface area contributed by atoms with Gasteiger partial charge in [0, 0.05) is 41.8 Å². The predicted octanol–water partition coefficient (Wildman–Crippen LogP) is 10.4. The van der Waals surface area contributed by atoms with Crippen molar-refractivity contribution >= 4 is 51.9 Å². The van der Waals surface area contributed by atoms with Gasteiger partial charge in [-0.3, -0.25) is 0 Å². The number of halogens is 2. The van der Waals surface area contributed by atoms with Crippen LogP contribution in [0.2, 0.25) is 10.3 Å². The summed E-state index contributed by atoms with van der Waals surface area (Å²) >= 11 is 10.8. The van der Waals surface area contributed by atoms with Crippen LogP contribution in [0.4, 0.5) is 28.7 Å². The third-order valence-corrected chi connectivity index (χ3v) is 7.24. The van der Waals surface area contributed by atoms with Crippen LogP contribution in [0, 0.1) is 0 Å². The van der Waals surface area contributed by atoms with Crippen molar-refractivity contribution in [3.63, 3.8) is 0 Å². The number of nitrogens with one attached hydrogen (secondary N) is 2. The molecule has 9 heteroatoms. The van der Waals surface area contributed by atoms with E-state index in [9.17, 15) is 0 Å². The number of aromatic nitrogens is 4. The van der Waals surface area contributed by atoms with E-state index in [2.05, 4.69) is 133 Å². The first-order valence-corrected chi connectivity index (χ1v) is 15.3. The van der Waals surface area contributed by atoms with E-state index in [1.807, 2.05) is 12.1 Å². The molecule has 0 fully saturated rings. The van der Waals surface area contributed by atoms with Gasteiger partial charge in [0.15, 0.2) is 21.9 Å². The van der Waals surface area contributed by atoms with Crippen molar-refractivity contribution in [1.82, 2.24) is 19.9 Å². The molecule has 0 amide bonds. The molecule has 0 radical (unpaired) electrons. The van der Waals surface area contributed by atoms with E-state index >= 15 is 0 Å². The summed E-state index contributed by atoms with van der Waals surface area (Å²) in [7, 11) is 0. The van der Waals surface area contributed by atoms with Crippen molar-refractivity contribution in [3.05, 3.63) is 125 Å². The summed E-state index contributed by atoms with van der Waals surface area (Å²) in [5.41, 5.74) is 12.3. The van der Waals surface area contributed by atoms with Crippen LogP contribution < -0.4 is 16.4 Å². The highest BCUT2D eigenvalue weighted by molar-refractivity contribution is 6.40. The van der Waals surface area contributed by atoms with E-state index in [-0.39, 0.29) is 10.3 Å². The van der Waals surface area contributed by atoms with Crippen molar-refractivity contribution < 1.29 is 0 Å². The van der Waals surface area contributed by atoms with E-state index < -0.39 is 0 Å². The summed E-state index contributed by atoms with van der Waals surface area (Å²) in [6.07, 6.45) is 6.35. The van der Waals surface area contributed by atoms with Crippen molar-refractivity contribution in [2.24, 2.45) is 0 Å². The summed E-state index contributed by atoms with van der Waals surface area (Å²) in [5.74, 6) is 3.05. The maximum absolute atomic E-state index is 5.53. The fourth-order valence-electron chi connectivity index (χ4n) is 3.88. The van der Waals surface area contributed by atoms with Crippen LogP contribution in [0.3, 0.4) is 0 Å². The normalized spacial score (nSPS) is 10.5. The third kappa shape index (κ3) is 11.1. The Bertz CT molecular complexity index is 1460. The van der Waals surface area contributed by atoms with Crippen molar-refractivity contribution in [3.8, 4) is 0 Å². The van der Waals surface area contributed by atoms with Gasteiger partial charge in [0.2, 0.25) is 0 Å². The minimum absolute atomic E-state index is 0.245. The lowest BCUT2D eigenvalue weighted by Crippen LogP contribution is -2.02. The standard InChI is InChI=1S/C22H26N4.C9H13N.C4H2Cl2N2/c1-15(2)17-5-9-19(10-6-17)25-21-22(24-14-13-23-21)26-20-11-7-18(8-12-20)16(3)4;1-7(2)8-3-5-9(10)6-4-8;5-3-4(6)8-2-1-7-3/h5-16H,1-4H3,(H,23,25)(H,24,26);3-7H,10H2,1-2H3;1-2H. The largest absolute Gasteiger partial charge is 0.399 e. The van der Waals surface area contributed by atoms with Crippen LogP contribution in [0.5, 0.6) is 0 Å². The Labute approximate surface area is 271 Å². The van der Waals surface area contributed by atoms with Crippen molar-refractivity contribution in [2.45, 2.75) is 59.3 Å². The molecule has 0 bridgehead atoms. The van der Waals surface area contributed by atoms with Gasteiger partial charge in [-0.15, -0.1) is 0 Å². The lowest BCUT2D eigenvalue weighted by molar-refractivity contribution is 0.867. The number of rotatable bonds is 7. The second-order valence-corrected chi connectivity index (χ2v) is 11.7. The van der Waals surface area contributed by atoms with E-state index in [0.29, 0.717) is 29.4 Å². The van der Waals surface area contributed by atoms with Crippen LogP contribution in [0.25, 0.3) is 0 Å². The van der Waals surface area contributed by atoms with Crippen LogP contribution in [0.15, 0.2) is 97.6 Å².